The van der Waals surface area contributed by atoms with E-state index in [9.17, 15) is 9.59 Å². The van der Waals surface area contributed by atoms with Crippen LogP contribution < -0.4 is 5.32 Å². The first-order chi connectivity index (χ1) is 8.24. The van der Waals surface area contributed by atoms with Crippen molar-refractivity contribution in [1.82, 2.24) is 5.32 Å². The number of hydrogen-bond donors (Lipinski definition) is 2. The van der Waals surface area contributed by atoms with Crippen LogP contribution in [0.5, 0.6) is 0 Å². The Morgan fingerprint density at radius 2 is 2.00 bits per heavy atom. The second kappa shape index (κ2) is 5.40. The number of rotatable bonds is 4. The van der Waals surface area contributed by atoms with Crippen LogP contribution in [-0.2, 0) is 4.79 Å². The van der Waals surface area contributed by atoms with Crippen LogP contribution in [0.2, 0.25) is 5.02 Å². The van der Waals surface area contributed by atoms with Gasteiger partial charge in [-0.05, 0) is 44.5 Å². The van der Waals surface area contributed by atoms with E-state index in [1.807, 2.05) is 0 Å². The fourth-order valence-corrected chi connectivity index (χ4v) is 1.38. The van der Waals surface area contributed by atoms with E-state index in [-0.39, 0.29) is 12.5 Å². The van der Waals surface area contributed by atoms with Crippen molar-refractivity contribution in [2.24, 2.45) is 5.41 Å². The lowest BCUT2D eigenvalue weighted by Gasteiger charge is -2.19. The molecule has 1 amide bonds. The molecule has 0 aliphatic carbocycles. The van der Waals surface area contributed by atoms with Crippen molar-refractivity contribution >= 4 is 23.5 Å². The molecule has 1 rings (SSSR count). The Morgan fingerprint density at radius 1 is 1.39 bits per heavy atom. The number of aliphatic carboxylic acids is 1. The zero-order valence-electron chi connectivity index (χ0n) is 10.6. The van der Waals surface area contributed by atoms with E-state index in [4.69, 9.17) is 16.7 Å². The number of nitrogens with one attached hydrogen (secondary N) is 1. The quantitative estimate of drug-likeness (QED) is 0.882. The molecule has 0 aromatic heterocycles. The van der Waals surface area contributed by atoms with Crippen LogP contribution in [0.25, 0.3) is 0 Å². The van der Waals surface area contributed by atoms with Crippen molar-refractivity contribution in [3.8, 4) is 0 Å². The third-order valence-corrected chi connectivity index (χ3v) is 3.11. The SMILES string of the molecule is Cc1cc(C(=O)NCC(C)(C)C(=O)O)ccc1Cl. The fourth-order valence-electron chi connectivity index (χ4n) is 1.26. The van der Waals surface area contributed by atoms with Crippen molar-refractivity contribution in [1.29, 1.82) is 0 Å². The average molecular weight is 270 g/mol. The van der Waals surface area contributed by atoms with Gasteiger partial charge in [0.05, 0.1) is 5.41 Å². The Kier molecular flexibility index (Phi) is 4.35. The van der Waals surface area contributed by atoms with Crippen molar-refractivity contribution in [2.75, 3.05) is 6.54 Å². The molecule has 0 bridgehead atoms. The minimum Gasteiger partial charge on any atom is -0.481 e. The highest BCUT2D eigenvalue weighted by Crippen LogP contribution is 2.17. The monoisotopic (exact) mass is 269 g/mol. The van der Waals surface area contributed by atoms with Gasteiger partial charge in [-0.3, -0.25) is 9.59 Å². The number of carbonyl (C=O) groups excluding carboxylic acids is 1. The largest absolute Gasteiger partial charge is 0.481 e. The summed E-state index contributed by atoms with van der Waals surface area (Å²) in [6, 6.07) is 4.93. The molecule has 0 saturated carbocycles. The minimum absolute atomic E-state index is 0.0723. The van der Waals surface area contributed by atoms with E-state index in [1.165, 1.54) is 0 Å². The zero-order valence-corrected chi connectivity index (χ0v) is 11.3. The number of aryl methyl sites for hydroxylation is 1. The Hall–Kier alpha value is -1.55. The maximum atomic E-state index is 11.8. The van der Waals surface area contributed by atoms with Crippen LogP contribution in [-0.4, -0.2) is 23.5 Å². The predicted octanol–water partition coefficient (Wildman–Crippen LogP) is 2.49. The smallest absolute Gasteiger partial charge is 0.310 e. The minimum atomic E-state index is -0.989. The third kappa shape index (κ3) is 3.47. The number of amides is 1. The van der Waals surface area contributed by atoms with Crippen LogP contribution in [0.15, 0.2) is 18.2 Å². The summed E-state index contributed by atoms with van der Waals surface area (Å²) in [7, 11) is 0. The van der Waals surface area contributed by atoms with Crippen LogP contribution in [0.4, 0.5) is 0 Å². The Morgan fingerprint density at radius 3 is 2.50 bits per heavy atom. The summed E-state index contributed by atoms with van der Waals surface area (Å²) in [4.78, 5) is 22.7. The van der Waals surface area contributed by atoms with Gasteiger partial charge in [0.25, 0.3) is 5.91 Å². The Bertz CT molecular complexity index is 483. The van der Waals surface area contributed by atoms with Crippen molar-refractivity contribution < 1.29 is 14.7 Å². The molecule has 1 aromatic carbocycles. The second-order valence-corrected chi connectivity index (χ2v) is 5.24. The first-order valence-corrected chi connectivity index (χ1v) is 5.89. The topological polar surface area (TPSA) is 66.4 Å². The summed E-state index contributed by atoms with van der Waals surface area (Å²) in [6.45, 7) is 4.99. The molecule has 0 heterocycles. The third-order valence-electron chi connectivity index (χ3n) is 2.69. The van der Waals surface area contributed by atoms with E-state index < -0.39 is 11.4 Å². The summed E-state index contributed by atoms with van der Waals surface area (Å²) in [5, 5.41) is 12.1. The molecule has 1 aromatic rings. The van der Waals surface area contributed by atoms with Gasteiger partial charge in [-0.2, -0.15) is 0 Å². The summed E-state index contributed by atoms with van der Waals surface area (Å²) in [6.07, 6.45) is 0. The Balaban J connectivity index is 2.72. The van der Waals surface area contributed by atoms with Gasteiger partial charge < -0.3 is 10.4 Å². The average Bonchev–Trinajstić information content (AvgIpc) is 2.29. The van der Waals surface area contributed by atoms with E-state index in [1.54, 1.807) is 39.0 Å². The van der Waals surface area contributed by atoms with Crippen molar-refractivity contribution in [3.05, 3.63) is 34.3 Å². The molecule has 0 atom stereocenters. The maximum Gasteiger partial charge on any atom is 0.310 e. The lowest BCUT2D eigenvalue weighted by Crippen LogP contribution is -2.38. The van der Waals surface area contributed by atoms with Gasteiger partial charge >= 0.3 is 5.97 Å². The van der Waals surface area contributed by atoms with Crippen LogP contribution >= 0.6 is 11.6 Å². The van der Waals surface area contributed by atoms with Gasteiger partial charge in [-0.25, -0.2) is 0 Å². The molecule has 0 saturated heterocycles. The molecular weight excluding hydrogens is 254 g/mol. The summed E-state index contributed by atoms with van der Waals surface area (Å²) >= 11 is 5.87. The number of benzene rings is 1. The normalized spacial score (nSPS) is 11.1. The molecular formula is C13H16ClNO3. The van der Waals surface area contributed by atoms with Gasteiger partial charge in [0, 0.05) is 17.1 Å². The van der Waals surface area contributed by atoms with E-state index in [0.717, 1.165) is 5.56 Å². The number of hydrogen-bond acceptors (Lipinski definition) is 2. The zero-order chi connectivity index (χ0) is 13.9. The molecule has 0 fully saturated rings. The van der Waals surface area contributed by atoms with Crippen LogP contribution in [0.1, 0.15) is 29.8 Å². The lowest BCUT2D eigenvalue weighted by atomic mass is 9.94. The van der Waals surface area contributed by atoms with Crippen LogP contribution in [0.3, 0.4) is 0 Å². The van der Waals surface area contributed by atoms with Gasteiger partial charge in [0.2, 0.25) is 0 Å². The van der Waals surface area contributed by atoms with Crippen molar-refractivity contribution in [3.63, 3.8) is 0 Å². The molecule has 4 nitrogen and oxygen atoms in total. The summed E-state index contributed by atoms with van der Waals surface area (Å²) in [5.74, 6) is -1.25. The van der Waals surface area contributed by atoms with Crippen molar-refractivity contribution in [2.45, 2.75) is 20.8 Å². The van der Waals surface area contributed by atoms with Gasteiger partial charge in [-0.15, -0.1) is 0 Å². The van der Waals surface area contributed by atoms with E-state index in [0.29, 0.717) is 10.6 Å². The highest BCUT2D eigenvalue weighted by Gasteiger charge is 2.27. The molecule has 0 spiro atoms. The summed E-state index contributed by atoms with van der Waals surface area (Å²) in [5.41, 5.74) is 0.289. The molecule has 18 heavy (non-hydrogen) atoms. The lowest BCUT2D eigenvalue weighted by molar-refractivity contribution is -0.146. The molecule has 0 aliphatic heterocycles. The molecule has 0 radical (unpaired) electrons. The number of carboxylic acid groups (broad SMARTS) is 1. The molecule has 0 aliphatic rings. The number of carbonyl (C=O) groups is 2. The first-order valence-electron chi connectivity index (χ1n) is 5.52. The Labute approximate surface area is 111 Å². The molecule has 98 valence electrons. The number of halogens is 1. The molecule has 2 N–H and O–H groups in total. The van der Waals surface area contributed by atoms with E-state index in [2.05, 4.69) is 5.32 Å². The van der Waals surface area contributed by atoms with Gasteiger partial charge in [0.1, 0.15) is 0 Å². The van der Waals surface area contributed by atoms with Gasteiger partial charge in [-0.1, -0.05) is 11.6 Å². The maximum absolute atomic E-state index is 11.8. The molecule has 0 unspecified atom stereocenters. The molecule has 5 heteroatoms. The fraction of sp³-hybridized carbons (Fsp3) is 0.385. The van der Waals surface area contributed by atoms with E-state index >= 15 is 0 Å². The standard InChI is InChI=1S/C13H16ClNO3/c1-8-6-9(4-5-10(8)14)11(16)15-7-13(2,3)12(17)18/h4-6H,7H2,1-3H3,(H,15,16)(H,17,18). The predicted molar refractivity (Wildman–Crippen MR) is 69.9 cm³/mol. The highest BCUT2D eigenvalue weighted by atomic mass is 35.5. The summed E-state index contributed by atoms with van der Waals surface area (Å²) < 4.78 is 0. The highest BCUT2D eigenvalue weighted by molar-refractivity contribution is 6.31. The number of carboxylic acids is 1. The first kappa shape index (κ1) is 14.5. The van der Waals surface area contributed by atoms with Crippen LogP contribution in [0, 0.1) is 12.3 Å². The second-order valence-electron chi connectivity index (χ2n) is 4.84. The van der Waals surface area contributed by atoms with Gasteiger partial charge in [0.15, 0.2) is 0 Å².